The van der Waals surface area contributed by atoms with Crippen LogP contribution in [-0.2, 0) is 17.6 Å². The third-order valence-electron chi connectivity index (χ3n) is 6.10. The molecule has 3 saturated heterocycles. The number of amides is 1. The second kappa shape index (κ2) is 8.86. The van der Waals surface area contributed by atoms with Crippen molar-refractivity contribution in [1.82, 2.24) is 25.0 Å². The number of carbonyl (C=O) groups excluding carboxylic acids is 1. The van der Waals surface area contributed by atoms with Crippen LogP contribution in [0, 0.1) is 12.8 Å². The van der Waals surface area contributed by atoms with E-state index in [1.807, 2.05) is 6.92 Å². The first-order valence-electron chi connectivity index (χ1n) is 10.6. The summed E-state index contributed by atoms with van der Waals surface area (Å²) < 4.78 is 0. The molecule has 0 spiro atoms. The Morgan fingerprint density at radius 2 is 2.00 bits per heavy atom. The quantitative estimate of drug-likeness (QED) is 0.801. The zero-order chi connectivity index (χ0) is 19.3. The molecule has 3 fully saturated rings. The molecule has 2 atom stereocenters. The smallest absolute Gasteiger partial charge is 0.223 e. The van der Waals surface area contributed by atoms with Crippen molar-refractivity contribution in [3.8, 4) is 0 Å². The molecule has 0 unspecified atom stereocenters. The lowest BCUT2D eigenvalue weighted by Gasteiger charge is -2.36. The van der Waals surface area contributed by atoms with Crippen LogP contribution in [0.4, 0.5) is 0 Å². The van der Waals surface area contributed by atoms with Crippen LogP contribution in [-0.4, -0.2) is 63.1 Å². The molecule has 6 nitrogen and oxygen atoms in total. The van der Waals surface area contributed by atoms with Crippen LogP contribution in [0.15, 0.2) is 30.3 Å². The molecule has 2 bridgehead atoms. The summed E-state index contributed by atoms with van der Waals surface area (Å²) in [5, 5.41) is 7.01. The summed E-state index contributed by atoms with van der Waals surface area (Å²) in [5.74, 6) is 2.43. The van der Waals surface area contributed by atoms with Crippen LogP contribution in [0.2, 0.25) is 0 Å². The van der Waals surface area contributed by atoms with E-state index in [0.717, 1.165) is 50.7 Å². The minimum absolute atomic E-state index is 0.267. The number of aryl methyl sites for hydroxylation is 3. The van der Waals surface area contributed by atoms with Crippen LogP contribution in [0.5, 0.6) is 0 Å². The average Bonchev–Trinajstić information content (AvgIpc) is 2.93. The standard InChI is InChI=1S/C22H31N5O/c1-17-23-21(25-24-17)11-12-22(28)27-15-19-9-10-20(27)16-26(14-19)13-5-8-18-6-3-2-4-7-18/h2-4,6-7,19-20H,5,8-16H2,1H3,(H,23,24,25)/t19-,20+/m0/s1. The number of carbonyl (C=O) groups is 1. The summed E-state index contributed by atoms with van der Waals surface area (Å²) in [6.45, 7) is 6.09. The Hall–Kier alpha value is -2.21. The topological polar surface area (TPSA) is 65.1 Å². The van der Waals surface area contributed by atoms with Crippen molar-refractivity contribution in [2.45, 2.75) is 51.5 Å². The zero-order valence-corrected chi connectivity index (χ0v) is 16.8. The zero-order valence-electron chi connectivity index (χ0n) is 16.8. The molecule has 28 heavy (non-hydrogen) atoms. The number of nitrogens with zero attached hydrogens (tertiary/aromatic N) is 4. The van der Waals surface area contributed by atoms with Crippen LogP contribution < -0.4 is 0 Å². The number of rotatable bonds is 7. The number of hydrogen-bond donors (Lipinski definition) is 1. The number of nitrogens with one attached hydrogen (secondary N) is 1. The highest BCUT2D eigenvalue weighted by Gasteiger charge is 2.36. The van der Waals surface area contributed by atoms with Gasteiger partial charge in [0, 0.05) is 38.5 Å². The van der Waals surface area contributed by atoms with Gasteiger partial charge in [-0.15, -0.1) is 0 Å². The Morgan fingerprint density at radius 1 is 1.14 bits per heavy atom. The van der Waals surface area contributed by atoms with Crippen molar-refractivity contribution in [2.24, 2.45) is 5.92 Å². The fourth-order valence-electron chi connectivity index (χ4n) is 4.68. The molecule has 5 rings (SSSR count). The van der Waals surface area contributed by atoms with Crippen molar-refractivity contribution in [1.29, 1.82) is 0 Å². The summed E-state index contributed by atoms with van der Waals surface area (Å²) in [4.78, 5) is 21.9. The van der Waals surface area contributed by atoms with Crippen LogP contribution in [0.3, 0.4) is 0 Å². The molecule has 2 aromatic rings. The summed E-state index contributed by atoms with van der Waals surface area (Å²) in [7, 11) is 0. The third-order valence-corrected chi connectivity index (χ3v) is 6.10. The molecule has 1 aromatic carbocycles. The molecule has 1 amide bonds. The predicted molar refractivity (Wildman–Crippen MR) is 109 cm³/mol. The van der Waals surface area contributed by atoms with Crippen LogP contribution >= 0.6 is 0 Å². The monoisotopic (exact) mass is 381 g/mol. The molecule has 150 valence electrons. The number of aromatic nitrogens is 3. The predicted octanol–water partition coefficient (Wildman–Crippen LogP) is 2.60. The minimum Gasteiger partial charge on any atom is -0.338 e. The largest absolute Gasteiger partial charge is 0.338 e. The first-order valence-corrected chi connectivity index (χ1v) is 10.6. The second-order valence-corrected chi connectivity index (χ2v) is 8.33. The van der Waals surface area contributed by atoms with Crippen molar-refractivity contribution >= 4 is 5.91 Å². The SMILES string of the molecule is Cc1nc(CCC(=O)N2C[C@H]3CC[C@@H]2CN(CCCc2ccccc2)C3)n[nH]1. The van der Waals surface area contributed by atoms with Gasteiger partial charge < -0.3 is 9.80 Å². The summed E-state index contributed by atoms with van der Waals surface area (Å²) in [6.07, 6.45) is 5.84. The molecule has 1 N–H and O–H groups in total. The maximum atomic E-state index is 12.9. The maximum Gasteiger partial charge on any atom is 0.223 e. The number of hydrogen-bond acceptors (Lipinski definition) is 4. The third kappa shape index (κ3) is 4.79. The van der Waals surface area contributed by atoms with Gasteiger partial charge in [0.2, 0.25) is 5.91 Å². The van der Waals surface area contributed by atoms with E-state index < -0.39 is 0 Å². The van der Waals surface area contributed by atoms with Gasteiger partial charge in [-0.3, -0.25) is 9.89 Å². The summed E-state index contributed by atoms with van der Waals surface area (Å²) in [5.41, 5.74) is 1.42. The highest BCUT2D eigenvalue weighted by atomic mass is 16.2. The fraction of sp³-hybridized carbons (Fsp3) is 0.591. The minimum atomic E-state index is 0.267. The molecule has 1 aromatic heterocycles. The summed E-state index contributed by atoms with van der Waals surface area (Å²) in [6, 6.07) is 11.1. The summed E-state index contributed by atoms with van der Waals surface area (Å²) >= 11 is 0. The fourth-order valence-corrected chi connectivity index (χ4v) is 4.68. The molecule has 6 heteroatoms. The van der Waals surface area contributed by atoms with Gasteiger partial charge in [-0.1, -0.05) is 30.3 Å². The highest BCUT2D eigenvalue weighted by Crippen LogP contribution is 2.28. The molecular weight excluding hydrogens is 350 g/mol. The van der Waals surface area contributed by atoms with Crippen molar-refractivity contribution in [3.63, 3.8) is 0 Å². The van der Waals surface area contributed by atoms with Gasteiger partial charge in [-0.25, -0.2) is 4.98 Å². The van der Waals surface area contributed by atoms with Crippen LogP contribution in [0.25, 0.3) is 0 Å². The Bertz CT molecular complexity index is 774. The molecule has 0 radical (unpaired) electrons. The van der Waals surface area contributed by atoms with Crippen molar-refractivity contribution < 1.29 is 4.79 Å². The first-order chi connectivity index (χ1) is 13.7. The number of aromatic amines is 1. The van der Waals surface area contributed by atoms with Crippen molar-refractivity contribution in [3.05, 3.63) is 47.5 Å². The van der Waals surface area contributed by atoms with Gasteiger partial charge in [-0.05, 0) is 50.6 Å². The molecule has 0 saturated carbocycles. The molecule has 3 aliphatic heterocycles. The van der Waals surface area contributed by atoms with E-state index in [4.69, 9.17) is 0 Å². The number of piperidine rings is 1. The van der Waals surface area contributed by atoms with Gasteiger partial charge >= 0.3 is 0 Å². The average molecular weight is 382 g/mol. The highest BCUT2D eigenvalue weighted by molar-refractivity contribution is 5.77. The van der Waals surface area contributed by atoms with Gasteiger partial charge in [-0.2, -0.15) is 5.10 Å². The van der Waals surface area contributed by atoms with Crippen LogP contribution in [0.1, 0.15) is 42.9 Å². The van der Waals surface area contributed by atoms with Gasteiger partial charge in [0.05, 0.1) is 0 Å². The van der Waals surface area contributed by atoms with Gasteiger partial charge in [0.25, 0.3) is 0 Å². The second-order valence-electron chi connectivity index (χ2n) is 8.33. The van der Waals surface area contributed by atoms with E-state index >= 15 is 0 Å². The van der Waals surface area contributed by atoms with E-state index in [2.05, 4.69) is 55.3 Å². The van der Waals surface area contributed by atoms with Crippen molar-refractivity contribution in [2.75, 3.05) is 26.2 Å². The lowest BCUT2D eigenvalue weighted by molar-refractivity contribution is -0.135. The van der Waals surface area contributed by atoms with Gasteiger partial charge in [0.15, 0.2) is 5.82 Å². The van der Waals surface area contributed by atoms with Gasteiger partial charge in [0.1, 0.15) is 5.82 Å². The van der Waals surface area contributed by atoms with E-state index in [1.165, 1.54) is 18.4 Å². The maximum absolute atomic E-state index is 12.9. The number of benzene rings is 1. The van der Waals surface area contributed by atoms with E-state index in [-0.39, 0.29) is 5.91 Å². The molecule has 3 aliphatic rings. The molecular formula is C22H31N5O. The Kier molecular flexibility index (Phi) is 6.05. The van der Waals surface area contributed by atoms with E-state index in [1.54, 1.807) is 0 Å². The lowest BCUT2D eigenvalue weighted by atomic mass is 9.94. The molecule has 4 heterocycles. The Morgan fingerprint density at radius 3 is 2.79 bits per heavy atom. The first kappa shape index (κ1) is 19.1. The Labute approximate surface area is 167 Å². The number of H-pyrrole nitrogens is 1. The lowest BCUT2D eigenvalue weighted by Crippen LogP contribution is -2.47. The Balaban J connectivity index is 1.28. The van der Waals surface area contributed by atoms with E-state index in [9.17, 15) is 4.79 Å². The number of fused-ring (bicyclic) bond motifs is 4. The molecule has 0 aliphatic carbocycles. The normalized spacial score (nSPS) is 22.4. The van der Waals surface area contributed by atoms with E-state index in [0.29, 0.717) is 24.8 Å².